The molecule has 1 N–H and O–H groups in total. The van der Waals surface area contributed by atoms with Gasteiger partial charge in [-0.1, -0.05) is 18.5 Å². The number of benzene rings is 3. The van der Waals surface area contributed by atoms with E-state index in [1.165, 1.54) is 18.3 Å². The Bertz CT molecular complexity index is 1130. The number of nitro benzene ring substituents is 1. The number of hydrogen-bond donors (Lipinski definition) is 1. The summed E-state index contributed by atoms with van der Waals surface area (Å²) >= 11 is 6.09. The van der Waals surface area contributed by atoms with Crippen LogP contribution < -0.4 is 14.9 Å². The fourth-order valence-electron chi connectivity index (χ4n) is 2.77. The van der Waals surface area contributed by atoms with Crippen molar-refractivity contribution in [2.45, 2.75) is 20.0 Å². The maximum Gasteiger partial charge on any atom is 0.271 e. The first-order chi connectivity index (χ1) is 16.0. The number of nitrogens with zero attached hydrogens (tertiary/aromatic N) is 2. The van der Waals surface area contributed by atoms with Gasteiger partial charge in [-0.15, -0.1) is 0 Å². The van der Waals surface area contributed by atoms with Gasteiger partial charge >= 0.3 is 0 Å². The number of hydrazone groups is 1. The highest BCUT2D eigenvalue weighted by molar-refractivity contribution is 6.30. The number of hydrogen-bond acceptors (Lipinski definition) is 6. The Labute approximate surface area is 195 Å². The number of carbonyl (C=O) groups is 1. The molecule has 0 aliphatic rings. The number of halogens is 1. The van der Waals surface area contributed by atoms with Crippen molar-refractivity contribution in [2.24, 2.45) is 5.10 Å². The van der Waals surface area contributed by atoms with Crippen molar-refractivity contribution in [1.82, 2.24) is 5.43 Å². The normalized spacial score (nSPS) is 10.7. The number of nitrogens with one attached hydrogen (secondary N) is 1. The lowest BCUT2D eigenvalue weighted by Gasteiger charge is -2.10. The first kappa shape index (κ1) is 23.7. The van der Waals surface area contributed by atoms with E-state index in [1.54, 1.807) is 54.6 Å². The Kier molecular flexibility index (Phi) is 8.37. The van der Waals surface area contributed by atoms with Crippen LogP contribution in [0, 0.1) is 10.1 Å². The van der Waals surface area contributed by atoms with Crippen LogP contribution in [-0.4, -0.2) is 23.7 Å². The van der Waals surface area contributed by atoms with Gasteiger partial charge in [-0.05, 0) is 66.6 Å². The molecular weight excluding hydrogens is 446 g/mol. The van der Waals surface area contributed by atoms with Gasteiger partial charge in [0.2, 0.25) is 0 Å². The molecule has 0 saturated heterocycles. The number of non-ortho nitro benzene ring substituents is 1. The van der Waals surface area contributed by atoms with Gasteiger partial charge in [0.25, 0.3) is 11.6 Å². The van der Waals surface area contributed by atoms with Crippen molar-refractivity contribution in [3.05, 3.63) is 98.6 Å². The Balaban J connectivity index is 1.62. The number of amides is 1. The van der Waals surface area contributed by atoms with Gasteiger partial charge in [0.05, 0.1) is 17.7 Å². The molecule has 0 radical (unpaired) electrons. The summed E-state index contributed by atoms with van der Waals surface area (Å²) in [4.78, 5) is 22.6. The first-order valence-corrected chi connectivity index (χ1v) is 10.6. The number of nitro groups is 1. The summed E-state index contributed by atoms with van der Waals surface area (Å²) in [5.74, 6) is 0.822. The van der Waals surface area contributed by atoms with Crippen molar-refractivity contribution in [2.75, 3.05) is 6.61 Å². The fraction of sp³-hybridized carbons (Fsp3) is 0.167. The zero-order valence-corrected chi connectivity index (χ0v) is 18.6. The molecule has 3 aromatic rings. The van der Waals surface area contributed by atoms with E-state index < -0.39 is 4.92 Å². The quantitative estimate of drug-likeness (QED) is 0.245. The van der Waals surface area contributed by atoms with E-state index in [0.29, 0.717) is 34.3 Å². The molecule has 0 unspecified atom stereocenters. The summed E-state index contributed by atoms with van der Waals surface area (Å²) in [5, 5.41) is 15.3. The van der Waals surface area contributed by atoms with Crippen LogP contribution in [0.2, 0.25) is 5.02 Å². The van der Waals surface area contributed by atoms with Gasteiger partial charge in [-0.3, -0.25) is 14.9 Å². The summed E-state index contributed by atoms with van der Waals surface area (Å²) in [6.45, 7) is 2.83. The van der Waals surface area contributed by atoms with Crippen LogP contribution in [-0.2, 0) is 6.61 Å². The molecule has 9 heteroatoms. The second-order valence-electron chi connectivity index (χ2n) is 6.97. The highest BCUT2D eigenvalue weighted by Gasteiger charge is 2.08. The molecule has 0 fully saturated rings. The second kappa shape index (κ2) is 11.6. The number of rotatable bonds is 10. The Morgan fingerprint density at radius 3 is 2.48 bits per heavy atom. The Hall–Kier alpha value is -3.91. The highest BCUT2D eigenvalue weighted by Crippen LogP contribution is 2.23. The van der Waals surface area contributed by atoms with Gasteiger partial charge in [-0.25, -0.2) is 5.43 Å². The highest BCUT2D eigenvalue weighted by atomic mass is 35.5. The third-order valence-corrected chi connectivity index (χ3v) is 4.71. The molecule has 0 spiro atoms. The molecule has 8 nitrogen and oxygen atoms in total. The molecule has 0 aliphatic heterocycles. The van der Waals surface area contributed by atoms with E-state index in [2.05, 4.69) is 10.5 Å². The lowest BCUT2D eigenvalue weighted by atomic mass is 10.2. The van der Waals surface area contributed by atoms with Crippen LogP contribution in [0.5, 0.6) is 11.5 Å². The molecule has 33 heavy (non-hydrogen) atoms. The molecule has 0 bridgehead atoms. The fourth-order valence-corrected chi connectivity index (χ4v) is 2.95. The van der Waals surface area contributed by atoms with Crippen LogP contribution in [0.3, 0.4) is 0 Å². The summed E-state index contributed by atoms with van der Waals surface area (Å²) in [6, 6.07) is 17.9. The zero-order valence-electron chi connectivity index (χ0n) is 17.9. The second-order valence-corrected chi connectivity index (χ2v) is 7.40. The molecule has 0 aromatic heterocycles. The standard InChI is InChI=1S/C24H22ClN3O5/c1-2-13-32-22-10-5-18(6-11-22)24(29)27-26-15-19-14-20(25)7-12-23(19)33-16-17-3-8-21(9-4-17)28(30)31/h3-12,14-15H,2,13,16H2,1H3,(H,27,29)/b26-15+. The van der Waals surface area contributed by atoms with Crippen LogP contribution in [0.25, 0.3) is 0 Å². The predicted octanol–water partition coefficient (Wildman–Crippen LogP) is 5.38. The minimum atomic E-state index is -0.457. The van der Waals surface area contributed by atoms with E-state index in [9.17, 15) is 14.9 Å². The molecule has 1 amide bonds. The van der Waals surface area contributed by atoms with Gasteiger partial charge in [0, 0.05) is 28.3 Å². The zero-order chi connectivity index (χ0) is 23.6. The average molecular weight is 468 g/mol. The topological polar surface area (TPSA) is 103 Å². The molecule has 0 aliphatic carbocycles. The molecule has 0 atom stereocenters. The van der Waals surface area contributed by atoms with E-state index in [-0.39, 0.29) is 18.2 Å². The summed E-state index contributed by atoms with van der Waals surface area (Å²) < 4.78 is 11.3. The van der Waals surface area contributed by atoms with Gasteiger partial charge in [0.15, 0.2) is 0 Å². The summed E-state index contributed by atoms with van der Waals surface area (Å²) in [6.07, 6.45) is 2.34. The van der Waals surface area contributed by atoms with Crippen LogP contribution in [0.1, 0.15) is 34.8 Å². The Morgan fingerprint density at radius 1 is 1.09 bits per heavy atom. The van der Waals surface area contributed by atoms with Gasteiger partial charge in [-0.2, -0.15) is 5.10 Å². The van der Waals surface area contributed by atoms with E-state index >= 15 is 0 Å². The maximum atomic E-state index is 12.3. The monoisotopic (exact) mass is 467 g/mol. The molecular formula is C24H22ClN3O5. The van der Waals surface area contributed by atoms with Crippen LogP contribution in [0.15, 0.2) is 71.8 Å². The van der Waals surface area contributed by atoms with E-state index in [1.807, 2.05) is 6.92 Å². The Morgan fingerprint density at radius 2 is 1.82 bits per heavy atom. The minimum absolute atomic E-state index is 0.0110. The average Bonchev–Trinajstić information content (AvgIpc) is 2.82. The molecule has 3 aromatic carbocycles. The SMILES string of the molecule is CCCOc1ccc(C(=O)N/N=C/c2cc(Cl)ccc2OCc2ccc([N+](=O)[O-])cc2)cc1. The smallest absolute Gasteiger partial charge is 0.271 e. The largest absolute Gasteiger partial charge is 0.494 e. The minimum Gasteiger partial charge on any atom is -0.494 e. The summed E-state index contributed by atoms with van der Waals surface area (Å²) in [7, 11) is 0. The number of ether oxygens (including phenoxy) is 2. The lowest BCUT2D eigenvalue weighted by Crippen LogP contribution is -2.17. The first-order valence-electron chi connectivity index (χ1n) is 10.2. The molecule has 0 heterocycles. The van der Waals surface area contributed by atoms with Crippen LogP contribution in [0.4, 0.5) is 5.69 Å². The van der Waals surface area contributed by atoms with E-state index in [4.69, 9.17) is 21.1 Å². The van der Waals surface area contributed by atoms with Gasteiger partial charge < -0.3 is 9.47 Å². The van der Waals surface area contributed by atoms with Crippen molar-refractivity contribution >= 4 is 29.4 Å². The molecule has 3 rings (SSSR count). The number of carbonyl (C=O) groups excluding carboxylic acids is 1. The van der Waals surface area contributed by atoms with Crippen LogP contribution >= 0.6 is 11.6 Å². The van der Waals surface area contributed by atoms with Crippen molar-refractivity contribution in [3.63, 3.8) is 0 Å². The predicted molar refractivity (Wildman–Crippen MR) is 126 cm³/mol. The summed E-state index contributed by atoms with van der Waals surface area (Å²) in [5.41, 5.74) is 4.25. The third-order valence-electron chi connectivity index (χ3n) is 4.47. The molecule has 170 valence electrons. The third kappa shape index (κ3) is 7.05. The van der Waals surface area contributed by atoms with Gasteiger partial charge in [0.1, 0.15) is 18.1 Å². The van der Waals surface area contributed by atoms with Crippen molar-refractivity contribution < 1.29 is 19.2 Å². The molecule has 0 saturated carbocycles. The lowest BCUT2D eigenvalue weighted by molar-refractivity contribution is -0.384. The van der Waals surface area contributed by atoms with Crippen molar-refractivity contribution in [3.8, 4) is 11.5 Å². The van der Waals surface area contributed by atoms with Crippen molar-refractivity contribution in [1.29, 1.82) is 0 Å². The van der Waals surface area contributed by atoms with E-state index in [0.717, 1.165) is 12.0 Å². The maximum absolute atomic E-state index is 12.3.